The third-order valence-electron chi connectivity index (χ3n) is 1.80. The molecule has 3 heteroatoms. The number of ether oxygens (including phenoxy) is 1. The minimum Gasteiger partial charge on any atom is -0.497 e. The topological polar surface area (TPSA) is 38.5 Å². The highest BCUT2D eigenvalue weighted by Gasteiger charge is 1.98. The zero-order valence-electron chi connectivity index (χ0n) is 8.82. The van der Waals surface area contributed by atoms with Gasteiger partial charge >= 0.3 is 0 Å². The maximum Gasteiger partial charge on any atom is 0.119 e. The SMILES string of the molecule is COc1cccc(/C(N)=C/N(C)C)c1. The van der Waals surface area contributed by atoms with Crippen LogP contribution in [0.1, 0.15) is 5.56 Å². The average molecular weight is 192 g/mol. The van der Waals surface area contributed by atoms with Gasteiger partial charge in [-0.2, -0.15) is 0 Å². The molecule has 76 valence electrons. The largest absolute Gasteiger partial charge is 0.497 e. The summed E-state index contributed by atoms with van der Waals surface area (Å²) in [5.74, 6) is 0.817. The fourth-order valence-corrected chi connectivity index (χ4v) is 1.16. The molecule has 0 aliphatic rings. The van der Waals surface area contributed by atoms with Gasteiger partial charge in [-0.1, -0.05) is 12.1 Å². The number of nitrogens with two attached hydrogens (primary N) is 1. The van der Waals surface area contributed by atoms with E-state index in [4.69, 9.17) is 10.5 Å². The molecule has 0 atom stereocenters. The fraction of sp³-hybridized carbons (Fsp3) is 0.273. The molecule has 0 heterocycles. The van der Waals surface area contributed by atoms with E-state index in [1.165, 1.54) is 0 Å². The maximum atomic E-state index is 5.88. The number of rotatable bonds is 3. The lowest BCUT2D eigenvalue weighted by Gasteiger charge is -2.09. The van der Waals surface area contributed by atoms with Crippen molar-refractivity contribution in [2.75, 3.05) is 21.2 Å². The molecule has 0 fully saturated rings. The molecule has 1 aromatic carbocycles. The summed E-state index contributed by atoms with van der Waals surface area (Å²) in [6, 6.07) is 7.68. The second kappa shape index (κ2) is 4.56. The van der Waals surface area contributed by atoms with Gasteiger partial charge in [0.25, 0.3) is 0 Å². The molecule has 0 saturated carbocycles. The van der Waals surface area contributed by atoms with Crippen LogP contribution in [0.5, 0.6) is 5.75 Å². The summed E-state index contributed by atoms with van der Waals surface area (Å²) in [7, 11) is 5.52. The molecule has 0 aromatic heterocycles. The van der Waals surface area contributed by atoms with Crippen LogP contribution in [0.3, 0.4) is 0 Å². The molecular weight excluding hydrogens is 176 g/mol. The van der Waals surface area contributed by atoms with Gasteiger partial charge in [-0.3, -0.25) is 0 Å². The average Bonchev–Trinajstić information content (AvgIpc) is 2.17. The lowest BCUT2D eigenvalue weighted by atomic mass is 10.1. The Hall–Kier alpha value is -1.64. The molecule has 1 rings (SSSR count). The summed E-state index contributed by atoms with van der Waals surface area (Å²) < 4.78 is 5.11. The first-order valence-corrected chi connectivity index (χ1v) is 4.41. The molecule has 1 aromatic rings. The van der Waals surface area contributed by atoms with E-state index in [2.05, 4.69) is 0 Å². The van der Waals surface area contributed by atoms with Crippen molar-refractivity contribution in [1.82, 2.24) is 4.90 Å². The zero-order chi connectivity index (χ0) is 10.6. The summed E-state index contributed by atoms with van der Waals surface area (Å²) in [5, 5.41) is 0. The van der Waals surface area contributed by atoms with E-state index in [1.807, 2.05) is 49.5 Å². The van der Waals surface area contributed by atoms with E-state index in [9.17, 15) is 0 Å². The van der Waals surface area contributed by atoms with Gasteiger partial charge in [0.05, 0.1) is 12.8 Å². The molecule has 0 amide bonds. The molecule has 0 spiro atoms. The molecule has 0 bridgehead atoms. The van der Waals surface area contributed by atoms with Crippen LogP contribution in [0.25, 0.3) is 5.70 Å². The number of benzene rings is 1. The first-order valence-electron chi connectivity index (χ1n) is 4.41. The van der Waals surface area contributed by atoms with Crippen LogP contribution >= 0.6 is 0 Å². The van der Waals surface area contributed by atoms with E-state index >= 15 is 0 Å². The van der Waals surface area contributed by atoms with Crippen molar-refractivity contribution in [1.29, 1.82) is 0 Å². The van der Waals surface area contributed by atoms with Crippen LogP contribution in [0.4, 0.5) is 0 Å². The van der Waals surface area contributed by atoms with Gasteiger partial charge in [0.15, 0.2) is 0 Å². The number of nitrogens with zero attached hydrogens (tertiary/aromatic N) is 1. The van der Waals surface area contributed by atoms with Gasteiger partial charge in [0.1, 0.15) is 5.75 Å². The summed E-state index contributed by atoms with van der Waals surface area (Å²) in [6.07, 6.45) is 1.87. The van der Waals surface area contributed by atoms with E-state index in [0.717, 1.165) is 17.0 Å². The number of methoxy groups -OCH3 is 1. The highest BCUT2D eigenvalue weighted by molar-refractivity contribution is 5.63. The second-order valence-corrected chi connectivity index (χ2v) is 3.28. The van der Waals surface area contributed by atoms with Crippen molar-refractivity contribution >= 4 is 5.70 Å². The molecule has 0 aliphatic carbocycles. The van der Waals surface area contributed by atoms with Crippen molar-refractivity contribution in [3.63, 3.8) is 0 Å². The first-order chi connectivity index (χ1) is 6.63. The van der Waals surface area contributed by atoms with E-state index in [-0.39, 0.29) is 0 Å². The second-order valence-electron chi connectivity index (χ2n) is 3.28. The Morgan fingerprint density at radius 2 is 2.14 bits per heavy atom. The van der Waals surface area contributed by atoms with E-state index < -0.39 is 0 Å². The molecule has 3 nitrogen and oxygen atoms in total. The molecule has 0 aliphatic heterocycles. The predicted octanol–water partition coefficient (Wildman–Crippen LogP) is 1.51. The Morgan fingerprint density at radius 1 is 1.43 bits per heavy atom. The lowest BCUT2D eigenvalue weighted by Crippen LogP contribution is -2.07. The smallest absolute Gasteiger partial charge is 0.119 e. The van der Waals surface area contributed by atoms with Crippen LogP contribution in [0, 0.1) is 0 Å². The minimum atomic E-state index is 0.730. The molecule has 2 N–H and O–H groups in total. The summed E-state index contributed by atoms with van der Waals surface area (Å²) in [5.41, 5.74) is 7.58. The predicted molar refractivity (Wildman–Crippen MR) is 58.8 cm³/mol. The van der Waals surface area contributed by atoms with Gasteiger partial charge in [0.2, 0.25) is 0 Å². The minimum absolute atomic E-state index is 0.730. The van der Waals surface area contributed by atoms with Crippen LogP contribution in [-0.2, 0) is 0 Å². The Kier molecular flexibility index (Phi) is 3.40. The molecule has 0 saturated heterocycles. The Bertz CT molecular complexity index is 332. The first kappa shape index (κ1) is 10.4. The molecule has 0 radical (unpaired) electrons. The third-order valence-corrected chi connectivity index (χ3v) is 1.80. The summed E-state index contributed by atoms with van der Waals surface area (Å²) >= 11 is 0. The Morgan fingerprint density at radius 3 is 2.71 bits per heavy atom. The van der Waals surface area contributed by atoms with Crippen LogP contribution in [0.15, 0.2) is 30.5 Å². The van der Waals surface area contributed by atoms with E-state index in [1.54, 1.807) is 7.11 Å². The van der Waals surface area contributed by atoms with Crippen molar-refractivity contribution in [2.45, 2.75) is 0 Å². The Labute approximate surface area is 84.8 Å². The quantitative estimate of drug-likeness (QED) is 0.789. The van der Waals surface area contributed by atoms with Gasteiger partial charge in [-0.05, 0) is 12.1 Å². The molecular formula is C11H16N2O. The van der Waals surface area contributed by atoms with Crippen molar-refractivity contribution in [2.24, 2.45) is 5.73 Å². The van der Waals surface area contributed by atoms with Gasteiger partial charge in [-0.15, -0.1) is 0 Å². The zero-order valence-corrected chi connectivity index (χ0v) is 8.82. The van der Waals surface area contributed by atoms with Gasteiger partial charge in [0, 0.05) is 25.9 Å². The number of hydrogen-bond donors (Lipinski definition) is 1. The fourth-order valence-electron chi connectivity index (χ4n) is 1.16. The summed E-state index contributed by atoms with van der Waals surface area (Å²) in [6.45, 7) is 0. The maximum absolute atomic E-state index is 5.88. The van der Waals surface area contributed by atoms with Crippen LogP contribution in [-0.4, -0.2) is 26.1 Å². The lowest BCUT2D eigenvalue weighted by molar-refractivity contribution is 0.414. The van der Waals surface area contributed by atoms with Crippen molar-refractivity contribution < 1.29 is 4.74 Å². The van der Waals surface area contributed by atoms with Gasteiger partial charge in [-0.25, -0.2) is 0 Å². The van der Waals surface area contributed by atoms with Gasteiger partial charge < -0.3 is 15.4 Å². The third kappa shape index (κ3) is 2.69. The Balaban J connectivity index is 2.95. The number of hydrogen-bond acceptors (Lipinski definition) is 3. The highest BCUT2D eigenvalue weighted by Crippen LogP contribution is 2.16. The van der Waals surface area contributed by atoms with Crippen molar-refractivity contribution in [3.8, 4) is 5.75 Å². The van der Waals surface area contributed by atoms with Crippen molar-refractivity contribution in [3.05, 3.63) is 36.0 Å². The standard InChI is InChI=1S/C11H16N2O/c1-13(2)8-11(12)9-5-4-6-10(7-9)14-3/h4-8H,12H2,1-3H3/b11-8-. The summed E-state index contributed by atoms with van der Waals surface area (Å²) in [4.78, 5) is 1.91. The molecule has 14 heavy (non-hydrogen) atoms. The monoisotopic (exact) mass is 192 g/mol. The highest BCUT2D eigenvalue weighted by atomic mass is 16.5. The normalized spacial score (nSPS) is 11.2. The molecule has 0 unspecified atom stereocenters. The van der Waals surface area contributed by atoms with Crippen LogP contribution < -0.4 is 10.5 Å². The van der Waals surface area contributed by atoms with E-state index in [0.29, 0.717) is 0 Å². The van der Waals surface area contributed by atoms with Crippen LogP contribution in [0.2, 0.25) is 0 Å².